The number of hydrogen-bond donors (Lipinski definition) is 2. The first-order chi connectivity index (χ1) is 9.47. The fourth-order valence-electron chi connectivity index (χ4n) is 2.42. The molecule has 7 heteroatoms. The van der Waals surface area contributed by atoms with Gasteiger partial charge in [-0.3, -0.25) is 4.79 Å². The van der Waals surface area contributed by atoms with Crippen molar-refractivity contribution in [1.29, 1.82) is 0 Å². The summed E-state index contributed by atoms with van der Waals surface area (Å²) in [5.74, 6) is 0.194. The predicted octanol–water partition coefficient (Wildman–Crippen LogP) is 2.91. The smallest absolute Gasteiger partial charge is 0.407 e. The maximum Gasteiger partial charge on any atom is 0.407 e. The van der Waals surface area contributed by atoms with E-state index in [0.29, 0.717) is 28.2 Å². The van der Waals surface area contributed by atoms with Crippen molar-refractivity contribution in [2.75, 3.05) is 13.1 Å². The summed E-state index contributed by atoms with van der Waals surface area (Å²) >= 11 is 7.07. The summed E-state index contributed by atoms with van der Waals surface area (Å²) in [6.45, 7) is 3.03. The first-order valence-electron chi connectivity index (χ1n) is 6.51. The van der Waals surface area contributed by atoms with Crippen LogP contribution in [0, 0.1) is 5.92 Å². The molecule has 0 spiro atoms. The first-order valence-corrected chi connectivity index (χ1v) is 7.71. The van der Waals surface area contributed by atoms with Crippen LogP contribution in [0.3, 0.4) is 0 Å². The number of thiophene rings is 1. The zero-order chi connectivity index (χ0) is 14.7. The van der Waals surface area contributed by atoms with Crippen LogP contribution in [0.4, 0.5) is 4.79 Å². The minimum atomic E-state index is -0.867. The van der Waals surface area contributed by atoms with Gasteiger partial charge in [-0.1, -0.05) is 11.6 Å². The Kier molecular flexibility index (Phi) is 4.88. The second-order valence-electron chi connectivity index (χ2n) is 4.97. The van der Waals surface area contributed by atoms with Crippen LogP contribution >= 0.6 is 22.9 Å². The molecule has 110 valence electrons. The Bertz CT molecular complexity index is 498. The summed E-state index contributed by atoms with van der Waals surface area (Å²) in [5.41, 5.74) is 0. The van der Waals surface area contributed by atoms with E-state index >= 15 is 0 Å². The van der Waals surface area contributed by atoms with Crippen LogP contribution < -0.4 is 5.32 Å². The normalized spacial score (nSPS) is 17.8. The van der Waals surface area contributed by atoms with Gasteiger partial charge in [0.25, 0.3) is 5.91 Å². The molecule has 1 atom stereocenters. The minimum absolute atomic E-state index is 0.0271. The Hall–Kier alpha value is -1.27. The van der Waals surface area contributed by atoms with Crippen molar-refractivity contribution in [3.63, 3.8) is 0 Å². The van der Waals surface area contributed by atoms with Gasteiger partial charge in [-0.25, -0.2) is 4.79 Å². The fraction of sp³-hybridized carbons (Fsp3) is 0.538. The molecule has 1 aliphatic heterocycles. The molecule has 0 unspecified atom stereocenters. The van der Waals surface area contributed by atoms with E-state index in [1.807, 2.05) is 6.92 Å². The van der Waals surface area contributed by atoms with Gasteiger partial charge in [0.2, 0.25) is 0 Å². The standard InChI is InChI=1S/C13H17ClN2O3S/c1-8(9-4-6-16(7-5-9)13(18)19)15-12(17)10-2-3-11(14)20-10/h2-3,8-9H,4-7H2,1H3,(H,15,17)(H,18,19)/t8-/m1/s1. The van der Waals surface area contributed by atoms with E-state index in [1.165, 1.54) is 16.2 Å². The molecule has 0 aromatic carbocycles. The molecule has 5 nitrogen and oxygen atoms in total. The minimum Gasteiger partial charge on any atom is -0.465 e. The summed E-state index contributed by atoms with van der Waals surface area (Å²) in [4.78, 5) is 24.9. The van der Waals surface area contributed by atoms with Crippen LogP contribution in [0.1, 0.15) is 29.4 Å². The van der Waals surface area contributed by atoms with Crippen LogP contribution in [0.15, 0.2) is 12.1 Å². The Morgan fingerprint density at radius 2 is 2.10 bits per heavy atom. The molecule has 1 aromatic heterocycles. The highest BCUT2D eigenvalue weighted by Gasteiger charge is 2.27. The number of carbonyl (C=O) groups excluding carboxylic acids is 1. The number of nitrogens with zero attached hydrogens (tertiary/aromatic N) is 1. The monoisotopic (exact) mass is 316 g/mol. The van der Waals surface area contributed by atoms with E-state index in [1.54, 1.807) is 12.1 Å². The predicted molar refractivity (Wildman–Crippen MR) is 78.6 cm³/mol. The molecular formula is C13H17ClN2O3S. The average molecular weight is 317 g/mol. The third kappa shape index (κ3) is 3.64. The third-order valence-corrected chi connectivity index (χ3v) is 4.90. The topological polar surface area (TPSA) is 69.6 Å². The lowest BCUT2D eigenvalue weighted by Crippen LogP contribution is -2.45. The van der Waals surface area contributed by atoms with Crippen LogP contribution in [-0.4, -0.2) is 41.1 Å². The molecular weight excluding hydrogens is 300 g/mol. The second-order valence-corrected chi connectivity index (χ2v) is 6.69. The van der Waals surface area contributed by atoms with Gasteiger partial charge < -0.3 is 15.3 Å². The average Bonchev–Trinajstić information content (AvgIpc) is 2.85. The van der Waals surface area contributed by atoms with Crippen LogP contribution in [0.2, 0.25) is 4.34 Å². The summed E-state index contributed by atoms with van der Waals surface area (Å²) in [7, 11) is 0. The third-order valence-electron chi connectivity index (χ3n) is 3.67. The molecule has 2 amide bonds. The largest absolute Gasteiger partial charge is 0.465 e. The Balaban J connectivity index is 1.85. The van der Waals surface area contributed by atoms with Crippen molar-refractivity contribution < 1.29 is 14.7 Å². The molecule has 0 aliphatic carbocycles. The highest BCUT2D eigenvalue weighted by Crippen LogP contribution is 2.23. The van der Waals surface area contributed by atoms with Gasteiger partial charge in [0, 0.05) is 19.1 Å². The fourth-order valence-corrected chi connectivity index (χ4v) is 3.37. The van der Waals surface area contributed by atoms with Crippen molar-refractivity contribution in [2.45, 2.75) is 25.8 Å². The maximum atomic E-state index is 12.0. The van der Waals surface area contributed by atoms with E-state index in [2.05, 4.69) is 5.32 Å². The highest BCUT2D eigenvalue weighted by molar-refractivity contribution is 7.17. The number of rotatable bonds is 3. The summed E-state index contributed by atoms with van der Waals surface area (Å²) < 4.78 is 0.595. The molecule has 2 N–H and O–H groups in total. The van der Waals surface area contributed by atoms with E-state index in [0.717, 1.165) is 12.8 Å². The number of halogens is 1. The molecule has 1 aromatic rings. The van der Waals surface area contributed by atoms with Gasteiger partial charge in [0.15, 0.2) is 0 Å². The van der Waals surface area contributed by atoms with E-state index in [-0.39, 0.29) is 11.9 Å². The molecule has 1 saturated heterocycles. The molecule has 1 fully saturated rings. The van der Waals surface area contributed by atoms with Crippen molar-refractivity contribution in [3.05, 3.63) is 21.3 Å². The molecule has 1 aliphatic rings. The Labute approximate surface area is 126 Å². The lowest BCUT2D eigenvalue weighted by Gasteiger charge is -2.33. The second kappa shape index (κ2) is 6.45. The van der Waals surface area contributed by atoms with Gasteiger partial charge >= 0.3 is 6.09 Å². The quantitative estimate of drug-likeness (QED) is 0.900. The zero-order valence-corrected chi connectivity index (χ0v) is 12.7. The van der Waals surface area contributed by atoms with E-state index in [4.69, 9.17) is 16.7 Å². The number of piperidine rings is 1. The highest BCUT2D eigenvalue weighted by atomic mass is 35.5. The summed E-state index contributed by atoms with van der Waals surface area (Å²) in [5, 5.41) is 11.9. The van der Waals surface area contributed by atoms with Crippen molar-refractivity contribution in [3.8, 4) is 0 Å². The SMILES string of the molecule is C[C@@H](NC(=O)c1ccc(Cl)s1)C1CCN(C(=O)O)CC1. The molecule has 20 heavy (non-hydrogen) atoms. The van der Waals surface area contributed by atoms with Crippen LogP contribution in [0.25, 0.3) is 0 Å². The molecule has 2 rings (SSSR count). The molecule has 0 saturated carbocycles. The van der Waals surface area contributed by atoms with Crippen molar-refractivity contribution >= 4 is 34.9 Å². The number of likely N-dealkylation sites (tertiary alicyclic amines) is 1. The van der Waals surface area contributed by atoms with E-state index < -0.39 is 6.09 Å². The number of amides is 2. The van der Waals surface area contributed by atoms with Gasteiger partial charge in [-0.05, 0) is 37.8 Å². The van der Waals surface area contributed by atoms with Crippen molar-refractivity contribution in [1.82, 2.24) is 10.2 Å². The Morgan fingerprint density at radius 1 is 1.45 bits per heavy atom. The van der Waals surface area contributed by atoms with Gasteiger partial charge in [0.05, 0.1) is 9.21 Å². The van der Waals surface area contributed by atoms with E-state index in [9.17, 15) is 9.59 Å². The molecule has 0 bridgehead atoms. The molecule has 2 heterocycles. The lowest BCUT2D eigenvalue weighted by atomic mass is 9.90. The first kappa shape index (κ1) is 15.1. The lowest BCUT2D eigenvalue weighted by molar-refractivity contribution is 0.0894. The van der Waals surface area contributed by atoms with Gasteiger partial charge in [-0.2, -0.15) is 0 Å². The number of carbonyl (C=O) groups is 2. The Morgan fingerprint density at radius 3 is 2.60 bits per heavy atom. The van der Waals surface area contributed by atoms with Crippen LogP contribution in [0.5, 0.6) is 0 Å². The molecule has 0 radical (unpaired) electrons. The zero-order valence-electron chi connectivity index (χ0n) is 11.1. The summed E-state index contributed by atoms with van der Waals surface area (Å²) in [6, 6.07) is 3.44. The number of hydrogen-bond acceptors (Lipinski definition) is 3. The summed E-state index contributed by atoms with van der Waals surface area (Å²) in [6.07, 6.45) is 0.686. The number of carboxylic acid groups (broad SMARTS) is 1. The van der Waals surface area contributed by atoms with Crippen LogP contribution in [-0.2, 0) is 0 Å². The van der Waals surface area contributed by atoms with Gasteiger partial charge in [0.1, 0.15) is 0 Å². The number of nitrogens with one attached hydrogen (secondary N) is 1. The van der Waals surface area contributed by atoms with Crippen molar-refractivity contribution in [2.24, 2.45) is 5.92 Å². The maximum absolute atomic E-state index is 12.0. The van der Waals surface area contributed by atoms with Gasteiger partial charge in [-0.15, -0.1) is 11.3 Å².